The van der Waals surface area contributed by atoms with Crippen LogP contribution in [0.4, 0.5) is 13.2 Å². The Balaban J connectivity index is 0.000000353. The van der Waals surface area contributed by atoms with Gasteiger partial charge in [0.15, 0.2) is 0 Å². The minimum atomic E-state index is -4.77. The molecule has 0 fully saturated rings. The Morgan fingerprint density at radius 3 is 1.84 bits per heavy atom. The number of aromatic nitrogens is 4. The third-order valence-electron chi connectivity index (χ3n) is 9.13. The van der Waals surface area contributed by atoms with E-state index in [1.807, 2.05) is 48.6 Å². The van der Waals surface area contributed by atoms with E-state index < -0.39 is 17.6 Å². The average Bonchev–Trinajstić information content (AvgIpc) is 3.81. The molecule has 1 aromatic carbocycles. The molecule has 19 heteroatoms. The van der Waals surface area contributed by atoms with Gasteiger partial charge in [-0.25, -0.2) is 4.98 Å². The first-order valence-electron chi connectivity index (χ1n) is 20.4. The van der Waals surface area contributed by atoms with Crippen molar-refractivity contribution in [2.45, 2.75) is 45.2 Å². The number of halogens is 3. The molecule has 0 radical (unpaired) electrons. The maximum absolute atomic E-state index is 12.4. The number of isothiocyanates is 1. The number of alkyl halides is 3. The SMILES string of the molecule is CCCCCCc1ccc(/C=C/c2ccnc(/C([NH-])=C/C(=N)C(F)(F)F)c2)s1.O=CO/C=C/c1ccnc(-c2cc(-c3ccc(OC=O)cc3)cc(-c3cc(/C=C/OC=O)ccn3)n2)c1.[N-]=C=S.[Ru+2]. The van der Waals surface area contributed by atoms with E-state index in [4.69, 9.17) is 26.3 Å². The van der Waals surface area contributed by atoms with Crippen molar-refractivity contribution in [1.29, 1.82) is 5.41 Å². The number of rotatable bonds is 20. The molecule has 0 aliphatic heterocycles. The van der Waals surface area contributed by atoms with Gasteiger partial charge < -0.3 is 25.4 Å². The average molecular weight is 1060 g/mol. The number of nitrogens with one attached hydrogen (secondary N) is 2. The quantitative estimate of drug-likeness (QED) is 0.0190. The van der Waals surface area contributed by atoms with E-state index in [2.05, 4.69) is 55.7 Å². The Morgan fingerprint density at radius 2 is 1.30 bits per heavy atom. The van der Waals surface area contributed by atoms with Crippen molar-refractivity contribution in [3.63, 3.8) is 0 Å². The predicted octanol–water partition coefficient (Wildman–Crippen LogP) is 12.8. The van der Waals surface area contributed by atoms with Crippen LogP contribution in [0.25, 0.3) is 75.0 Å². The van der Waals surface area contributed by atoms with Crippen molar-refractivity contribution < 1.29 is 61.2 Å². The van der Waals surface area contributed by atoms with E-state index in [1.165, 1.54) is 60.5 Å². The summed E-state index contributed by atoms with van der Waals surface area (Å²) in [7, 11) is 0. The number of aryl methyl sites for hydroxylation is 1. The molecule has 0 spiro atoms. The van der Waals surface area contributed by atoms with E-state index in [1.54, 1.807) is 66.2 Å². The molecule has 69 heavy (non-hydrogen) atoms. The number of hydrogen-bond acceptors (Lipinski definition) is 13. The fourth-order valence-corrected chi connectivity index (χ4v) is 6.90. The molecular weight excluding hydrogens is 1020 g/mol. The van der Waals surface area contributed by atoms with Gasteiger partial charge in [0.2, 0.25) is 0 Å². The van der Waals surface area contributed by atoms with Crippen LogP contribution in [0.3, 0.4) is 0 Å². The molecule has 0 unspecified atom stereocenters. The summed E-state index contributed by atoms with van der Waals surface area (Å²) in [5, 5.41) is 15.4. The Hall–Kier alpha value is -7.43. The summed E-state index contributed by atoms with van der Waals surface area (Å²) in [5.41, 5.74) is 12.1. The van der Waals surface area contributed by atoms with Gasteiger partial charge in [-0.2, -0.15) is 18.3 Å². The number of allylic oxidation sites excluding steroid dienone is 1. The molecule has 0 saturated heterocycles. The van der Waals surface area contributed by atoms with E-state index in [-0.39, 0.29) is 25.2 Å². The second kappa shape index (κ2) is 30.1. The zero-order valence-corrected chi connectivity index (χ0v) is 40.0. The Bertz CT molecular complexity index is 2710. The topological polar surface area (TPSA) is 200 Å². The Morgan fingerprint density at radius 1 is 0.739 bits per heavy atom. The predicted molar refractivity (Wildman–Crippen MR) is 263 cm³/mol. The molecule has 6 rings (SSSR count). The van der Waals surface area contributed by atoms with Crippen molar-refractivity contribution in [2.75, 3.05) is 0 Å². The molecule has 0 saturated carbocycles. The van der Waals surface area contributed by atoms with Crippen molar-refractivity contribution >= 4 is 83.8 Å². The summed E-state index contributed by atoms with van der Waals surface area (Å²) in [6, 6.07) is 25.4. The van der Waals surface area contributed by atoms with Crippen LogP contribution in [0.1, 0.15) is 64.7 Å². The molecule has 2 N–H and O–H groups in total. The largest absolute Gasteiger partial charge is 2.00 e. The van der Waals surface area contributed by atoms with Gasteiger partial charge >= 0.3 is 25.7 Å². The monoisotopic (exact) mass is 1060 g/mol. The first-order chi connectivity index (χ1) is 32.9. The maximum atomic E-state index is 12.4. The van der Waals surface area contributed by atoms with Gasteiger partial charge in [0.05, 0.1) is 35.3 Å². The van der Waals surface area contributed by atoms with Gasteiger partial charge in [0.25, 0.3) is 19.4 Å². The zero-order chi connectivity index (χ0) is 49.2. The molecule has 5 heterocycles. The number of nitrogens with zero attached hydrogens (tertiary/aromatic N) is 5. The molecule has 5 aromatic heterocycles. The number of pyridine rings is 4. The second-order valence-corrected chi connectivity index (χ2v) is 15.2. The van der Waals surface area contributed by atoms with Crippen LogP contribution in [-0.2, 0) is 49.8 Å². The Kier molecular flexibility index (Phi) is 24.3. The smallest absolute Gasteiger partial charge is 0.753 e. The summed E-state index contributed by atoms with van der Waals surface area (Å²) < 4.78 is 51.5. The summed E-state index contributed by atoms with van der Waals surface area (Å²) >= 11 is 5.43. The molecule has 0 aliphatic rings. The minimum Gasteiger partial charge on any atom is -0.753 e. The van der Waals surface area contributed by atoms with Crippen LogP contribution in [0.2, 0.25) is 0 Å². The van der Waals surface area contributed by atoms with Crippen LogP contribution in [0, 0.1) is 5.41 Å². The standard InChI is InChI=1S/C28H19N3O6.C21H23F3N3S.CNS.Ru/c32-17-35-11-7-20-5-9-29-25(13-20)27-15-23(22-1-3-24(4-2-22)37-19-34)16-28(31-27)26-14-21(6-10-30-26)8-12-36-18-33;1-2-3-4-5-6-16-9-10-17(28-16)8-7-15-11-12-27-19(13-15)18(25)14-20(26)21(22,23)24;2-1-3;/h1-19H;7-14,25-26H,2-6H2,1H3;;/q;2*-1;+2/b11-7+,12-8+;8-7+,18-14-,26-20?;;. The van der Waals surface area contributed by atoms with Crippen molar-refractivity contribution in [3.8, 4) is 39.7 Å². The van der Waals surface area contributed by atoms with E-state index in [0.717, 1.165) is 39.1 Å². The van der Waals surface area contributed by atoms with Crippen LogP contribution < -0.4 is 4.74 Å². The summed E-state index contributed by atoms with van der Waals surface area (Å²) in [6.45, 7) is 3.24. The first kappa shape index (κ1) is 55.9. The number of thiophene rings is 1. The van der Waals surface area contributed by atoms with E-state index in [9.17, 15) is 27.6 Å². The van der Waals surface area contributed by atoms with Gasteiger partial charge in [0.1, 0.15) is 11.5 Å². The zero-order valence-electron chi connectivity index (χ0n) is 36.6. The number of ether oxygens (including phenoxy) is 3. The van der Waals surface area contributed by atoms with Crippen LogP contribution in [0.15, 0.2) is 122 Å². The normalized spacial score (nSPS) is 11.0. The minimum absolute atomic E-state index is 0. The molecule has 354 valence electrons. The Labute approximate surface area is 418 Å². The molecule has 0 atom stereocenters. The van der Waals surface area contributed by atoms with Gasteiger partial charge in [-0.15, -0.1) is 17.0 Å². The summed E-state index contributed by atoms with van der Waals surface area (Å²) in [6.07, 6.45) is 16.0. The molecular formula is C50H42F3N7O6RuS2. The number of carbonyl (C=O) groups excluding carboxylic acids is 3. The second-order valence-electron chi connectivity index (χ2n) is 13.9. The molecule has 0 amide bonds. The van der Waals surface area contributed by atoms with Crippen LogP contribution in [0.5, 0.6) is 5.75 Å². The van der Waals surface area contributed by atoms with Gasteiger partial charge in [-0.05, 0) is 138 Å². The molecule has 6 aromatic rings. The molecule has 0 bridgehead atoms. The van der Waals surface area contributed by atoms with Gasteiger partial charge in [0, 0.05) is 34.0 Å². The fourth-order valence-electron chi connectivity index (χ4n) is 5.94. The van der Waals surface area contributed by atoms with Gasteiger partial charge in [-0.3, -0.25) is 34.7 Å². The fraction of sp³-hybridized carbons (Fsp3) is 0.140. The van der Waals surface area contributed by atoms with Crippen LogP contribution >= 0.6 is 23.6 Å². The van der Waals surface area contributed by atoms with Crippen molar-refractivity contribution in [1.82, 2.24) is 19.9 Å². The van der Waals surface area contributed by atoms with Crippen LogP contribution in [-0.4, -0.2) is 56.4 Å². The number of unbranched alkanes of at least 4 members (excludes halogenated alkanes) is 3. The van der Waals surface area contributed by atoms with Crippen molar-refractivity contribution in [3.05, 3.63) is 165 Å². The number of thiocarbonyl (C=S) groups is 1. The van der Waals surface area contributed by atoms with E-state index in [0.29, 0.717) is 54.0 Å². The van der Waals surface area contributed by atoms with Crippen molar-refractivity contribution in [2.24, 2.45) is 0 Å². The van der Waals surface area contributed by atoms with E-state index >= 15 is 0 Å². The number of carbonyl (C=O) groups is 3. The summed E-state index contributed by atoms with van der Waals surface area (Å²) in [5.74, 6) is 0.422. The maximum Gasteiger partial charge on any atom is 2.00 e. The molecule has 13 nitrogen and oxygen atoms in total. The molecule has 0 aliphatic carbocycles. The first-order valence-corrected chi connectivity index (χ1v) is 21.6. The number of hydrogen-bond donors (Lipinski definition) is 1. The number of benzene rings is 1. The third kappa shape index (κ3) is 19.4. The summed E-state index contributed by atoms with van der Waals surface area (Å²) in [4.78, 5) is 51.6. The third-order valence-corrected chi connectivity index (χ3v) is 10.2. The van der Waals surface area contributed by atoms with Gasteiger partial charge in [-0.1, -0.05) is 56.6 Å².